The molecule has 0 fully saturated rings. The average molecular weight is 468 g/mol. The lowest BCUT2D eigenvalue weighted by Crippen LogP contribution is -2.36. The van der Waals surface area contributed by atoms with Gasteiger partial charge in [0.1, 0.15) is 0 Å². The number of hydrogen-bond acceptors (Lipinski definition) is 1. The van der Waals surface area contributed by atoms with E-state index in [1.807, 2.05) is 66.7 Å². The molecule has 0 N–H and O–H groups in total. The van der Waals surface area contributed by atoms with Gasteiger partial charge in [0.05, 0.1) is 0 Å². The Morgan fingerprint density at radius 1 is 0.515 bits per heavy atom. The SMILES string of the molecule is [O-]c1cc(-[n+]2c(-c3ccccc3)cc(-c3ccccc3)cc2-c2ccc(Cl)cc2)ccc1Cl. The lowest BCUT2D eigenvalue weighted by Gasteiger charge is -2.14. The van der Waals surface area contributed by atoms with Gasteiger partial charge in [0, 0.05) is 45.4 Å². The van der Waals surface area contributed by atoms with Gasteiger partial charge in [0.15, 0.2) is 0 Å². The van der Waals surface area contributed by atoms with Crippen molar-refractivity contribution in [3.8, 4) is 45.1 Å². The fourth-order valence-electron chi connectivity index (χ4n) is 3.96. The molecule has 0 atom stereocenters. The van der Waals surface area contributed by atoms with E-state index in [9.17, 15) is 5.11 Å². The molecular weight excluding hydrogens is 449 g/mol. The molecule has 0 aliphatic heterocycles. The summed E-state index contributed by atoms with van der Waals surface area (Å²) >= 11 is 12.3. The average Bonchev–Trinajstić information content (AvgIpc) is 2.86. The molecule has 0 unspecified atom stereocenters. The summed E-state index contributed by atoms with van der Waals surface area (Å²) in [6.45, 7) is 0. The first-order valence-corrected chi connectivity index (χ1v) is 11.3. The van der Waals surface area contributed by atoms with Crippen LogP contribution in [0.1, 0.15) is 0 Å². The van der Waals surface area contributed by atoms with Crippen LogP contribution in [0.5, 0.6) is 5.75 Å². The van der Waals surface area contributed by atoms with Crippen LogP contribution in [0.2, 0.25) is 10.0 Å². The molecule has 0 aliphatic rings. The van der Waals surface area contributed by atoms with Crippen LogP contribution in [0.15, 0.2) is 115 Å². The molecule has 1 aromatic heterocycles. The van der Waals surface area contributed by atoms with E-state index in [1.54, 1.807) is 12.1 Å². The molecule has 33 heavy (non-hydrogen) atoms. The Hall–Kier alpha value is -3.59. The van der Waals surface area contributed by atoms with Crippen LogP contribution >= 0.6 is 23.2 Å². The first kappa shape index (κ1) is 21.3. The predicted molar refractivity (Wildman–Crippen MR) is 134 cm³/mol. The summed E-state index contributed by atoms with van der Waals surface area (Å²) in [5.74, 6) is -0.213. The maximum atomic E-state index is 12.5. The summed E-state index contributed by atoms with van der Waals surface area (Å²) in [7, 11) is 0. The highest BCUT2D eigenvalue weighted by atomic mass is 35.5. The maximum Gasteiger partial charge on any atom is 0.219 e. The first-order chi connectivity index (χ1) is 16.1. The van der Waals surface area contributed by atoms with Crippen molar-refractivity contribution in [2.45, 2.75) is 0 Å². The smallest absolute Gasteiger partial charge is 0.219 e. The first-order valence-electron chi connectivity index (χ1n) is 10.5. The zero-order chi connectivity index (χ0) is 22.8. The number of benzene rings is 4. The number of rotatable bonds is 4. The summed E-state index contributed by atoms with van der Waals surface area (Å²) in [4.78, 5) is 0. The van der Waals surface area contributed by atoms with Gasteiger partial charge in [0.2, 0.25) is 17.1 Å². The van der Waals surface area contributed by atoms with Crippen LogP contribution in [0.3, 0.4) is 0 Å². The molecule has 0 aliphatic carbocycles. The van der Waals surface area contributed by atoms with Crippen molar-refractivity contribution in [2.75, 3.05) is 0 Å². The Kier molecular flexibility index (Phi) is 5.87. The van der Waals surface area contributed by atoms with Crippen LogP contribution in [-0.2, 0) is 0 Å². The van der Waals surface area contributed by atoms with E-state index in [4.69, 9.17) is 23.2 Å². The summed E-state index contributed by atoms with van der Waals surface area (Å²) in [6, 6.07) is 37.6. The number of halogens is 2. The molecule has 4 heteroatoms. The molecule has 0 radical (unpaired) electrons. The van der Waals surface area contributed by atoms with Gasteiger partial charge in [-0.1, -0.05) is 77.5 Å². The Balaban J connectivity index is 1.88. The van der Waals surface area contributed by atoms with Crippen molar-refractivity contribution in [3.05, 3.63) is 125 Å². The van der Waals surface area contributed by atoms with Gasteiger partial charge < -0.3 is 5.11 Å². The molecule has 1 heterocycles. The van der Waals surface area contributed by atoms with Crippen LogP contribution in [0, 0.1) is 0 Å². The second kappa shape index (κ2) is 9.11. The van der Waals surface area contributed by atoms with E-state index in [0.29, 0.717) is 5.02 Å². The third-order valence-electron chi connectivity index (χ3n) is 5.56. The van der Waals surface area contributed by atoms with Gasteiger partial charge in [-0.15, -0.1) is 0 Å². The van der Waals surface area contributed by atoms with Crippen LogP contribution in [0.25, 0.3) is 39.3 Å². The Labute approximate surface area is 202 Å². The summed E-state index contributed by atoms with van der Waals surface area (Å²) in [5.41, 5.74) is 6.85. The lowest BCUT2D eigenvalue weighted by atomic mass is 9.98. The predicted octanol–water partition coefficient (Wildman–Crippen LogP) is 7.34. The molecule has 0 saturated heterocycles. The lowest BCUT2D eigenvalue weighted by molar-refractivity contribution is -0.572. The van der Waals surface area contributed by atoms with E-state index < -0.39 is 0 Å². The molecule has 0 saturated carbocycles. The Morgan fingerprint density at radius 3 is 1.64 bits per heavy atom. The second-order valence-electron chi connectivity index (χ2n) is 7.70. The number of nitrogens with zero attached hydrogens (tertiary/aromatic N) is 1. The number of aromatic nitrogens is 1. The highest BCUT2D eigenvalue weighted by molar-refractivity contribution is 6.32. The van der Waals surface area contributed by atoms with Crippen LogP contribution in [-0.4, -0.2) is 0 Å². The van der Waals surface area contributed by atoms with Gasteiger partial charge in [-0.25, -0.2) is 0 Å². The van der Waals surface area contributed by atoms with E-state index >= 15 is 0 Å². The van der Waals surface area contributed by atoms with E-state index in [-0.39, 0.29) is 10.8 Å². The van der Waals surface area contributed by atoms with Gasteiger partial charge in [-0.05, 0) is 53.6 Å². The maximum absolute atomic E-state index is 12.5. The molecule has 2 nitrogen and oxygen atoms in total. The molecular formula is C29H19Cl2NO. The normalized spacial score (nSPS) is 10.8. The minimum Gasteiger partial charge on any atom is -0.871 e. The second-order valence-corrected chi connectivity index (χ2v) is 8.55. The minimum atomic E-state index is -0.213. The van der Waals surface area contributed by atoms with E-state index in [1.165, 1.54) is 0 Å². The minimum absolute atomic E-state index is 0.203. The summed E-state index contributed by atoms with van der Waals surface area (Å²) < 4.78 is 2.10. The molecule has 0 amide bonds. The summed E-state index contributed by atoms with van der Waals surface area (Å²) in [6.07, 6.45) is 0. The largest absolute Gasteiger partial charge is 0.871 e. The third-order valence-corrected chi connectivity index (χ3v) is 6.12. The molecule has 5 rings (SSSR count). The van der Waals surface area contributed by atoms with Crippen molar-refractivity contribution in [1.82, 2.24) is 0 Å². The quantitative estimate of drug-likeness (QED) is 0.254. The van der Waals surface area contributed by atoms with Crippen molar-refractivity contribution in [2.24, 2.45) is 0 Å². The highest BCUT2D eigenvalue weighted by Gasteiger charge is 2.25. The Morgan fingerprint density at radius 2 is 1.06 bits per heavy atom. The van der Waals surface area contributed by atoms with Crippen molar-refractivity contribution in [3.63, 3.8) is 0 Å². The van der Waals surface area contributed by atoms with E-state index in [2.05, 4.69) is 41.0 Å². The monoisotopic (exact) mass is 467 g/mol. The van der Waals surface area contributed by atoms with Gasteiger partial charge in [-0.3, -0.25) is 0 Å². The summed E-state index contributed by atoms with van der Waals surface area (Å²) in [5, 5.41) is 13.4. The van der Waals surface area contributed by atoms with Crippen LogP contribution in [0.4, 0.5) is 0 Å². The van der Waals surface area contributed by atoms with Gasteiger partial charge in [0.25, 0.3) is 0 Å². The van der Waals surface area contributed by atoms with Gasteiger partial charge >= 0.3 is 0 Å². The van der Waals surface area contributed by atoms with Crippen molar-refractivity contribution < 1.29 is 9.67 Å². The molecule has 4 aromatic carbocycles. The standard InChI is InChI=1S/C29H19Cl2NO/c30-24-13-11-22(12-14-24)28-18-23(20-7-3-1-4-8-20)17-27(21-9-5-2-6-10-21)32(28)25-15-16-26(31)29(33)19-25/h1-19H. The number of hydrogen-bond donors (Lipinski definition) is 0. The van der Waals surface area contributed by atoms with Crippen LogP contribution < -0.4 is 9.67 Å². The zero-order valence-electron chi connectivity index (χ0n) is 17.6. The third kappa shape index (κ3) is 4.36. The zero-order valence-corrected chi connectivity index (χ0v) is 19.1. The topological polar surface area (TPSA) is 26.9 Å². The number of pyridine rings is 1. The fraction of sp³-hybridized carbons (Fsp3) is 0. The Bertz CT molecular complexity index is 1420. The highest BCUT2D eigenvalue weighted by Crippen LogP contribution is 2.32. The molecule has 5 aromatic rings. The molecule has 160 valence electrons. The molecule has 0 bridgehead atoms. The molecule has 0 spiro atoms. The van der Waals surface area contributed by atoms with E-state index in [0.717, 1.165) is 39.3 Å². The van der Waals surface area contributed by atoms with Gasteiger partial charge in [-0.2, -0.15) is 4.57 Å². The fourth-order valence-corrected chi connectivity index (χ4v) is 4.20. The van der Waals surface area contributed by atoms with Crippen molar-refractivity contribution in [1.29, 1.82) is 0 Å². The van der Waals surface area contributed by atoms with Crippen molar-refractivity contribution >= 4 is 23.2 Å².